The lowest BCUT2D eigenvalue weighted by atomic mass is 10.0. The number of nitrogens with one attached hydrogen (secondary N) is 1. The van der Waals surface area contributed by atoms with Crippen molar-refractivity contribution in [1.82, 2.24) is 10.3 Å². The molecule has 0 spiro atoms. The minimum Gasteiger partial charge on any atom is -0.493 e. The highest BCUT2D eigenvalue weighted by Gasteiger charge is 2.30. The van der Waals surface area contributed by atoms with Gasteiger partial charge in [0.05, 0.1) is 13.2 Å². The van der Waals surface area contributed by atoms with Gasteiger partial charge in [-0.05, 0) is 25.7 Å². The first-order valence-corrected chi connectivity index (χ1v) is 10.9. The molecule has 1 N–H and O–H groups in total. The maximum atomic E-state index is 12.8. The van der Waals surface area contributed by atoms with Crippen LogP contribution in [0.2, 0.25) is 0 Å². The summed E-state index contributed by atoms with van der Waals surface area (Å²) in [5.41, 5.74) is -0.129. The van der Waals surface area contributed by atoms with Crippen molar-refractivity contribution in [2.45, 2.75) is 66.7 Å². The van der Waals surface area contributed by atoms with Crippen molar-refractivity contribution in [2.24, 2.45) is 11.8 Å². The van der Waals surface area contributed by atoms with Gasteiger partial charge in [0.2, 0.25) is 6.79 Å². The van der Waals surface area contributed by atoms with Crippen molar-refractivity contribution in [3.05, 3.63) is 18.0 Å². The zero-order valence-corrected chi connectivity index (χ0v) is 20.7. The molecule has 1 heterocycles. The van der Waals surface area contributed by atoms with E-state index in [1.165, 1.54) is 33.2 Å². The van der Waals surface area contributed by atoms with Crippen LogP contribution in [0.5, 0.6) is 11.5 Å². The highest BCUT2D eigenvalue weighted by Crippen LogP contribution is 2.29. The smallest absolute Gasteiger partial charge is 0.328 e. The maximum Gasteiger partial charge on any atom is 0.328 e. The number of carbonyl (C=O) groups is 3. The monoisotopic (exact) mass is 468 g/mol. The minimum atomic E-state index is -0.967. The summed E-state index contributed by atoms with van der Waals surface area (Å²) in [4.78, 5) is 40.5. The molecule has 33 heavy (non-hydrogen) atoms. The molecule has 0 aliphatic carbocycles. The van der Waals surface area contributed by atoms with Gasteiger partial charge in [0, 0.05) is 25.8 Å². The average molecular weight is 469 g/mol. The fraction of sp³-hybridized carbons (Fsp3) is 0.652. The molecule has 3 atom stereocenters. The zero-order chi connectivity index (χ0) is 25.1. The maximum absolute atomic E-state index is 12.8. The lowest BCUT2D eigenvalue weighted by Gasteiger charge is -2.29. The summed E-state index contributed by atoms with van der Waals surface area (Å²) < 4.78 is 26.8. The molecule has 10 nitrogen and oxygen atoms in total. The van der Waals surface area contributed by atoms with Gasteiger partial charge < -0.3 is 29.0 Å². The van der Waals surface area contributed by atoms with E-state index >= 15 is 0 Å². The standard InChI is InChI=1S/C23H36N2O8/c1-13(2)11-30-16(6)20(14(3)4)33-23(28)15(5)25-22(27)19-21(32-12-31-17(7)26)18(29-8)9-10-24-19/h9-10,13-16,20H,11-12H2,1-8H3,(H,25,27)/t15-,16-,20-/m0/s1. The van der Waals surface area contributed by atoms with Gasteiger partial charge in [-0.2, -0.15) is 0 Å². The summed E-state index contributed by atoms with van der Waals surface area (Å²) in [6.45, 7) is 12.7. The molecule has 0 unspecified atom stereocenters. The molecule has 186 valence electrons. The number of carbonyl (C=O) groups excluding carboxylic acids is 3. The molecule has 1 aromatic rings. The number of rotatable bonds is 13. The molecule has 0 fully saturated rings. The van der Waals surface area contributed by atoms with Gasteiger partial charge in [-0.25, -0.2) is 9.78 Å². The van der Waals surface area contributed by atoms with E-state index in [9.17, 15) is 14.4 Å². The van der Waals surface area contributed by atoms with Crippen LogP contribution in [0.15, 0.2) is 12.3 Å². The highest BCUT2D eigenvalue weighted by molar-refractivity contribution is 5.98. The number of ether oxygens (including phenoxy) is 5. The summed E-state index contributed by atoms with van der Waals surface area (Å²) in [5.74, 6) is -1.27. The Labute approximate surface area is 195 Å². The van der Waals surface area contributed by atoms with E-state index in [0.717, 1.165) is 0 Å². The number of aromatic nitrogens is 1. The molecular formula is C23H36N2O8. The summed E-state index contributed by atoms with van der Waals surface area (Å²) in [6.07, 6.45) is 0.576. The van der Waals surface area contributed by atoms with Gasteiger partial charge in [-0.1, -0.05) is 27.7 Å². The van der Waals surface area contributed by atoms with Crippen LogP contribution in [-0.4, -0.2) is 61.6 Å². The second-order valence-electron chi connectivity index (χ2n) is 8.36. The molecule has 1 rings (SSSR count). The Hall–Kier alpha value is -2.88. The van der Waals surface area contributed by atoms with E-state index in [0.29, 0.717) is 12.5 Å². The number of nitrogens with zero attached hydrogens (tertiary/aromatic N) is 1. The molecule has 10 heteroatoms. The number of methoxy groups -OCH3 is 1. The van der Waals surface area contributed by atoms with Crippen LogP contribution in [0.3, 0.4) is 0 Å². The normalized spacial score (nSPS) is 13.8. The van der Waals surface area contributed by atoms with Crippen molar-refractivity contribution in [1.29, 1.82) is 0 Å². The van der Waals surface area contributed by atoms with Crippen LogP contribution in [0, 0.1) is 11.8 Å². The van der Waals surface area contributed by atoms with Crippen molar-refractivity contribution in [3.63, 3.8) is 0 Å². The van der Waals surface area contributed by atoms with Gasteiger partial charge in [-0.15, -0.1) is 0 Å². The molecule has 0 aliphatic heterocycles. The Morgan fingerprint density at radius 1 is 1.09 bits per heavy atom. The van der Waals surface area contributed by atoms with Gasteiger partial charge in [0.15, 0.2) is 17.2 Å². The number of hydrogen-bond donors (Lipinski definition) is 1. The summed E-state index contributed by atoms with van der Waals surface area (Å²) in [5, 5.41) is 2.56. The Bertz CT molecular complexity index is 797. The summed E-state index contributed by atoms with van der Waals surface area (Å²) in [6, 6.07) is 0.522. The number of hydrogen-bond acceptors (Lipinski definition) is 9. The predicted octanol–water partition coefficient (Wildman–Crippen LogP) is 2.74. The van der Waals surface area contributed by atoms with E-state index in [1.54, 1.807) is 0 Å². The zero-order valence-electron chi connectivity index (χ0n) is 20.7. The topological polar surface area (TPSA) is 122 Å². The Morgan fingerprint density at radius 2 is 1.76 bits per heavy atom. The van der Waals surface area contributed by atoms with Gasteiger partial charge in [-0.3, -0.25) is 9.59 Å². The van der Waals surface area contributed by atoms with Gasteiger partial charge in [0.1, 0.15) is 12.1 Å². The van der Waals surface area contributed by atoms with Crippen LogP contribution >= 0.6 is 0 Å². The van der Waals surface area contributed by atoms with Crippen LogP contribution < -0.4 is 14.8 Å². The third-order valence-corrected chi connectivity index (χ3v) is 4.53. The lowest BCUT2D eigenvalue weighted by Crippen LogP contribution is -2.44. The Balaban J connectivity index is 2.89. The number of pyridine rings is 1. The molecule has 0 radical (unpaired) electrons. The lowest BCUT2D eigenvalue weighted by molar-refractivity contribution is -0.163. The van der Waals surface area contributed by atoms with Gasteiger partial charge >= 0.3 is 11.9 Å². The molecule has 0 aromatic carbocycles. The van der Waals surface area contributed by atoms with Crippen molar-refractivity contribution >= 4 is 17.8 Å². The van der Waals surface area contributed by atoms with Crippen LogP contribution in [0.4, 0.5) is 0 Å². The van der Waals surface area contributed by atoms with E-state index in [-0.39, 0.29) is 29.2 Å². The van der Waals surface area contributed by atoms with E-state index < -0.39 is 36.8 Å². The summed E-state index contributed by atoms with van der Waals surface area (Å²) in [7, 11) is 1.39. The SMILES string of the molecule is COc1ccnc(C(=O)N[C@@H](C)C(=O)O[C@@H](C(C)C)[C@H](C)OCC(C)C)c1OCOC(C)=O. The van der Waals surface area contributed by atoms with Crippen molar-refractivity contribution in [2.75, 3.05) is 20.5 Å². The molecule has 0 bridgehead atoms. The van der Waals surface area contributed by atoms with E-state index in [1.807, 2.05) is 34.6 Å². The Morgan fingerprint density at radius 3 is 2.30 bits per heavy atom. The van der Waals surface area contributed by atoms with Crippen LogP contribution in [0.25, 0.3) is 0 Å². The molecular weight excluding hydrogens is 432 g/mol. The third kappa shape index (κ3) is 9.25. The van der Waals surface area contributed by atoms with Crippen molar-refractivity contribution < 1.29 is 38.1 Å². The van der Waals surface area contributed by atoms with E-state index in [2.05, 4.69) is 10.3 Å². The second-order valence-corrected chi connectivity index (χ2v) is 8.36. The number of esters is 2. The second kappa shape index (κ2) is 13.6. The molecule has 0 saturated carbocycles. The predicted molar refractivity (Wildman–Crippen MR) is 120 cm³/mol. The molecule has 1 amide bonds. The van der Waals surface area contributed by atoms with Crippen molar-refractivity contribution in [3.8, 4) is 11.5 Å². The van der Waals surface area contributed by atoms with Crippen LogP contribution in [0.1, 0.15) is 59.0 Å². The molecule has 0 saturated heterocycles. The molecule has 0 aliphatic rings. The number of amides is 1. The third-order valence-electron chi connectivity index (χ3n) is 4.53. The summed E-state index contributed by atoms with van der Waals surface area (Å²) >= 11 is 0. The van der Waals surface area contributed by atoms with Crippen LogP contribution in [-0.2, 0) is 23.8 Å². The first-order valence-electron chi connectivity index (χ1n) is 10.9. The fourth-order valence-corrected chi connectivity index (χ4v) is 2.84. The fourth-order valence-electron chi connectivity index (χ4n) is 2.84. The first kappa shape index (κ1) is 28.2. The quantitative estimate of drug-likeness (QED) is 0.344. The van der Waals surface area contributed by atoms with Gasteiger partial charge in [0.25, 0.3) is 5.91 Å². The average Bonchev–Trinajstić information content (AvgIpc) is 2.74. The minimum absolute atomic E-state index is 0.0142. The van der Waals surface area contributed by atoms with E-state index in [4.69, 9.17) is 23.7 Å². The first-order chi connectivity index (χ1) is 15.5. The largest absolute Gasteiger partial charge is 0.493 e. The Kier molecular flexibility index (Phi) is 11.6. The highest BCUT2D eigenvalue weighted by atomic mass is 16.7. The molecule has 1 aromatic heterocycles.